The van der Waals surface area contributed by atoms with E-state index in [1.807, 2.05) is 5.38 Å². The Balaban J connectivity index is 1.87. The molecule has 1 aromatic heterocycles. The van der Waals surface area contributed by atoms with Crippen LogP contribution in [0.15, 0.2) is 70.9 Å². The highest BCUT2D eigenvalue weighted by Gasteiger charge is 2.30. The van der Waals surface area contributed by atoms with Crippen molar-refractivity contribution in [3.05, 3.63) is 81.5 Å². The van der Waals surface area contributed by atoms with Gasteiger partial charge in [-0.15, -0.1) is 11.3 Å². The number of hydrogen-bond acceptors (Lipinski definition) is 5. The van der Waals surface area contributed by atoms with Crippen LogP contribution in [0.4, 0.5) is 0 Å². The van der Waals surface area contributed by atoms with Gasteiger partial charge in [0.1, 0.15) is 11.0 Å². The van der Waals surface area contributed by atoms with Crippen LogP contribution in [-0.4, -0.2) is 28.0 Å². The molecule has 1 unspecified atom stereocenters. The molecule has 0 aliphatic rings. The number of benzene rings is 2. The van der Waals surface area contributed by atoms with E-state index in [1.165, 1.54) is 30.6 Å². The van der Waals surface area contributed by atoms with Gasteiger partial charge in [0.2, 0.25) is 0 Å². The molecule has 0 fully saturated rings. The lowest BCUT2D eigenvalue weighted by Gasteiger charge is -2.18. The molecule has 146 valence electrons. The Morgan fingerprint density at radius 2 is 1.82 bits per heavy atom. The van der Waals surface area contributed by atoms with Crippen LogP contribution in [-0.2, 0) is 9.84 Å². The number of nitrogens with one attached hydrogen (secondary N) is 1. The highest BCUT2D eigenvalue weighted by Crippen LogP contribution is 2.32. The normalized spacial score (nSPS) is 12.4. The zero-order valence-corrected chi connectivity index (χ0v) is 17.4. The summed E-state index contributed by atoms with van der Waals surface area (Å²) in [6.45, 7) is -0.0705. The number of amides is 1. The minimum Gasteiger partial charge on any atom is -0.497 e. The van der Waals surface area contributed by atoms with E-state index < -0.39 is 21.0 Å². The molecular weight excluding hydrogens is 418 g/mol. The lowest BCUT2D eigenvalue weighted by molar-refractivity contribution is 0.0954. The molecule has 28 heavy (non-hydrogen) atoms. The Labute approximate surface area is 172 Å². The number of carbonyl (C=O) groups excluding carboxylic acids is 1. The van der Waals surface area contributed by atoms with Crippen molar-refractivity contribution in [3.63, 3.8) is 0 Å². The lowest BCUT2D eigenvalue weighted by atomic mass is 10.2. The maximum Gasteiger partial charge on any atom is 0.252 e. The lowest BCUT2D eigenvalue weighted by Crippen LogP contribution is -2.31. The zero-order chi connectivity index (χ0) is 20.1. The molecule has 1 amide bonds. The van der Waals surface area contributed by atoms with Crippen molar-refractivity contribution >= 4 is 38.7 Å². The van der Waals surface area contributed by atoms with E-state index in [9.17, 15) is 13.2 Å². The van der Waals surface area contributed by atoms with E-state index in [2.05, 4.69) is 5.32 Å². The fraction of sp³-hybridized carbons (Fsp3) is 0.150. The highest BCUT2D eigenvalue weighted by molar-refractivity contribution is 7.91. The summed E-state index contributed by atoms with van der Waals surface area (Å²) in [4.78, 5) is 13.3. The molecule has 1 atom stereocenters. The largest absolute Gasteiger partial charge is 0.497 e. The summed E-state index contributed by atoms with van der Waals surface area (Å²) in [6.07, 6.45) is 0. The third-order valence-electron chi connectivity index (χ3n) is 4.19. The highest BCUT2D eigenvalue weighted by atomic mass is 35.5. The van der Waals surface area contributed by atoms with Gasteiger partial charge in [0.25, 0.3) is 5.91 Å². The summed E-state index contributed by atoms with van der Waals surface area (Å²) in [5.74, 6) is 0.149. The summed E-state index contributed by atoms with van der Waals surface area (Å²) in [5.41, 5.74) is 0.302. The first kappa shape index (κ1) is 20.4. The maximum absolute atomic E-state index is 13.2. The number of sulfone groups is 1. The monoisotopic (exact) mass is 435 g/mol. The fourth-order valence-electron chi connectivity index (χ4n) is 2.69. The van der Waals surface area contributed by atoms with E-state index in [1.54, 1.807) is 48.5 Å². The maximum atomic E-state index is 13.2. The molecule has 0 radical (unpaired) electrons. The van der Waals surface area contributed by atoms with Crippen molar-refractivity contribution in [1.82, 2.24) is 5.32 Å². The minimum atomic E-state index is -3.73. The number of thiophene rings is 1. The average molecular weight is 436 g/mol. The van der Waals surface area contributed by atoms with Crippen LogP contribution in [0, 0.1) is 0 Å². The van der Waals surface area contributed by atoms with Crippen LogP contribution in [0.2, 0.25) is 5.02 Å². The Hall–Kier alpha value is -2.35. The van der Waals surface area contributed by atoms with E-state index in [4.69, 9.17) is 16.3 Å². The molecule has 0 saturated heterocycles. The predicted molar refractivity (Wildman–Crippen MR) is 111 cm³/mol. The SMILES string of the molecule is COc1ccc(S(=O)(=O)C(CNC(=O)c2ccccc2Cl)c2cccs2)cc1. The van der Waals surface area contributed by atoms with E-state index in [0.717, 1.165) is 0 Å². The van der Waals surface area contributed by atoms with Gasteiger partial charge in [-0.3, -0.25) is 4.79 Å². The summed E-state index contributed by atoms with van der Waals surface area (Å²) < 4.78 is 31.6. The molecule has 0 spiro atoms. The number of hydrogen-bond donors (Lipinski definition) is 1. The van der Waals surface area contributed by atoms with Gasteiger partial charge in [0.05, 0.1) is 22.6 Å². The van der Waals surface area contributed by atoms with Crippen molar-refractivity contribution in [2.24, 2.45) is 0 Å². The molecule has 3 aromatic rings. The van der Waals surface area contributed by atoms with Crippen molar-refractivity contribution in [2.45, 2.75) is 10.1 Å². The average Bonchev–Trinajstić information content (AvgIpc) is 3.22. The van der Waals surface area contributed by atoms with Crippen LogP contribution in [0.1, 0.15) is 20.5 Å². The van der Waals surface area contributed by atoms with Gasteiger partial charge in [0.15, 0.2) is 9.84 Å². The molecule has 1 N–H and O–H groups in total. The molecule has 3 rings (SSSR count). The van der Waals surface area contributed by atoms with Crippen LogP contribution in [0.3, 0.4) is 0 Å². The first-order valence-electron chi connectivity index (χ1n) is 8.37. The number of halogens is 1. The first-order chi connectivity index (χ1) is 13.4. The zero-order valence-electron chi connectivity index (χ0n) is 15.0. The summed E-state index contributed by atoms with van der Waals surface area (Å²) in [6, 6.07) is 16.4. The molecule has 1 heterocycles. The fourth-order valence-corrected chi connectivity index (χ4v) is 5.70. The molecule has 2 aromatic carbocycles. The van der Waals surface area contributed by atoms with Gasteiger partial charge in [-0.25, -0.2) is 8.42 Å². The number of ether oxygens (including phenoxy) is 1. The third-order valence-corrected chi connectivity index (χ3v) is 7.75. The Kier molecular flexibility index (Phi) is 6.39. The molecule has 0 aliphatic heterocycles. The van der Waals surface area contributed by atoms with E-state index in [0.29, 0.717) is 21.2 Å². The van der Waals surface area contributed by atoms with Crippen LogP contribution >= 0.6 is 22.9 Å². The predicted octanol–water partition coefficient (Wildman–Crippen LogP) is 4.36. The second-order valence-corrected chi connectivity index (χ2v) is 9.43. The van der Waals surface area contributed by atoms with Crippen molar-refractivity contribution < 1.29 is 17.9 Å². The summed E-state index contributed by atoms with van der Waals surface area (Å²) >= 11 is 7.39. The first-order valence-corrected chi connectivity index (χ1v) is 11.2. The number of carbonyl (C=O) groups is 1. The van der Waals surface area contributed by atoms with E-state index >= 15 is 0 Å². The van der Waals surface area contributed by atoms with Gasteiger partial charge in [-0.1, -0.05) is 29.8 Å². The van der Waals surface area contributed by atoms with Crippen LogP contribution in [0.25, 0.3) is 0 Å². The van der Waals surface area contributed by atoms with Gasteiger partial charge in [0, 0.05) is 11.4 Å². The Morgan fingerprint density at radius 1 is 1.11 bits per heavy atom. The molecular formula is C20H18ClNO4S2. The van der Waals surface area contributed by atoms with Crippen LogP contribution < -0.4 is 10.1 Å². The number of rotatable bonds is 7. The van der Waals surface area contributed by atoms with Crippen molar-refractivity contribution in [1.29, 1.82) is 0 Å². The second kappa shape index (κ2) is 8.77. The number of methoxy groups -OCH3 is 1. The van der Waals surface area contributed by atoms with Crippen molar-refractivity contribution in [2.75, 3.05) is 13.7 Å². The van der Waals surface area contributed by atoms with Gasteiger partial charge < -0.3 is 10.1 Å². The van der Waals surface area contributed by atoms with E-state index in [-0.39, 0.29) is 11.4 Å². The topological polar surface area (TPSA) is 72.5 Å². The third kappa shape index (κ3) is 4.38. The minimum absolute atomic E-state index is 0.0705. The standard InChI is InChI=1S/C20H18ClNO4S2/c1-26-14-8-10-15(11-9-14)28(24,25)19(18-7-4-12-27-18)13-22-20(23)16-5-2-3-6-17(16)21/h2-12,19H,13H2,1H3,(H,22,23). The van der Waals surface area contributed by atoms with Crippen LogP contribution in [0.5, 0.6) is 5.75 Å². The Morgan fingerprint density at radius 3 is 2.43 bits per heavy atom. The Bertz CT molecular complexity index is 1050. The molecule has 5 nitrogen and oxygen atoms in total. The molecule has 0 aliphatic carbocycles. The van der Waals surface area contributed by atoms with Crippen molar-refractivity contribution in [3.8, 4) is 5.75 Å². The van der Waals surface area contributed by atoms with Gasteiger partial charge in [-0.05, 0) is 47.8 Å². The summed E-state index contributed by atoms with van der Waals surface area (Å²) in [5, 5.41) is 3.91. The molecule has 0 saturated carbocycles. The van der Waals surface area contributed by atoms with Gasteiger partial charge >= 0.3 is 0 Å². The molecule has 8 heteroatoms. The van der Waals surface area contributed by atoms with Gasteiger partial charge in [-0.2, -0.15) is 0 Å². The molecule has 0 bridgehead atoms. The second-order valence-electron chi connectivity index (χ2n) is 5.91. The smallest absolute Gasteiger partial charge is 0.252 e. The quantitative estimate of drug-likeness (QED) is 0.598. The summed E-state index contributed by atoms with van der Waals surface area (Å²) in [7, 11) is -2.21.